The van der Waals surface area contributed by atoms with E-state index in [9.17, 15) is 19.2 Å². The van der Waals surface area contributed by atoms with Crippen molar-refractivity contribution in [2.75, 3.05) is 19.8 Å². The zero-order chi connectivity index (χ0) is 24.1. The molecular formula is C25H36N2O6. The van der Waals surface area contributed by atoms with Crippen LogP contribution >= 0.6 is 0 Å². The van der Waals surface area contributed by atoms with Crippen molar-refractivity contribution in [3.8, 4) is 0 Å². The molecule has 1 heterocycles. The number of hydrogen-bond donors (Lipinski definition) is 2. The molecule has 1 aromatic carbocycles. The number of nitrogens with one attached hydrogen (secondary N) is 2. The van der Waals surface area contributed by atoms with Gasteiger partial charge in [0.15, 0.2) is 5.78 Å². The molecule has 0 saturated carbocycles. The van der Waals surface area contributed by atoms with Gasteiger partial charge in [-0.3, -0.25) is 14.4 Å². The summed E-state index contributed by atoms with van der Waals surface area (Å²) in [5, 5.41) is 5.27. The van der Waals surface area contributed by atoms with E-state index in [-0.39, 0.29) is 24.7 Å². The fourth-order valence-electron chi connectivity index (χ4n) is 3.71. The predicted molar refractivity (Wildman–Crippen MR) is 123 cm³/mol. The fraction of sp³-hybridized carbons (Fsp3) is 0.600. The first-order valence-electron chi connectivity index (χ1n) is 11.8. The van der Waals surface area contributed by atoms with Crippen molar-refractivity contribution < 1.29 is 28.7 Å². The van der Waals surface area contributed by atoms with Crippen LogP contribution in [-0.2, 0) is 30.5 Å². The summed E-state index contributed by atoms with van der Waals surface area (Å²) in [5.41, 5.74) is 0.841. The van der Waals surface area contributed by atoms with Crippen LogP contribution in [0.25, 0.3) is 0 Å². The molecule has 1 saturated heterocycles. The van der Waals surface area contributed by atoms with E-state index in [0.717, 1.165) is 12.0 Å². The van der Waals surface area contributed by atoms with Crippen molar-refractivity contribution in [3.05, 3.63) is 35.9 Å². The molecule has 1 aliphatic heterocycles. The van der Waals surface area contributed by atoms with E-state index in [2.05, 4.69) is 10.6 Å². The van der Waals surface area contributed by atoms with Crippen molar-refractivity contribution in [3.63, 3.8) is 0 Å². The summed E-state index contributed by atoms with van der Waals surface area (Å²) in [4.78, 5) is 50.4. The second-order valence-corrected chi connectivity index (χ2v) is 8.84. The molecule has 1 fully saturated rings. The van der Waals surface area contributed by atoms with Crippen LogP contribution < -0.4 is 10.6 Å². The standard InChI is InChI=1S/C25H36N2O6/c1-18(2)15-21(27-25(31)33-17-19-9-4-3-5-10-19)22(28)16-20-11-6-7-13-32-14-8-12-26-24(30)23(20)29/h3-5,9-10,18,20-21H,6-8,11-17H2,1-2H3,(H,26,30)(H,27,31). The van der Waals surface area contributed by atoms with Crippen LogP contribution in [0.15, 0.2) is 30.3 Å². The van der Waals surface area contributed by atoms with Crippen molar-refractivity contribution in [1.29, 1.82) is 0 Å². The number of ether oxygens (including phenoxy) is 2. The number of amides is 2. The summed E-state index contributed by atoms with van der Waals surface area (Å²) in [6.07, 6.45) is 2.14. The molecular weight excluding hydrogens is 424 g/mol. The lowest BCUT2D eigenvalue weighted by atomic mass is 9.87. The largest absolute Gasteiger partial charge is 0.445 e. The lowest BCUT2D eigenvalue weighted by molar-refractivity contribution is -0.141. The Morgan fingerprint density at radius 3 is 2.58 bits per heavy atom. The highest BCUT2D eigenvalue weighted by molar-refractivity contribution is 6.37. The first-order valence-corrected chi connectivity index (χ1v) is 11.8. The highest BCUT2D eigenvalue weighted by Crippen LogP contribution is 2.19. The predicted octanol–water partition coefficient (Wildman–Crippen LogP) is 3.18. The molecule has 0 radical (unpaired) electrons. The smallest absolute Gasteiger partial charge is 0.408 e. The van der Waals surface area contributed by atoms with E-state index in [4.69, 9.17) is 9.47 Å². The third-order valence-corrected chi connectivity index (χ3v) is 5.49. The Morgan fingerprint density at radius 2 is 1.85 bits per heavy atom. The summed E-state index contributed by atoms with van der Waals surface area (Å²) in [5.74, 6) is -2.08. The molecule has 1 aliphatic rings. The third kappa shape index (κ3) is 10.2. The van der Waals surface area contributed by atoms with Crippen LogP contribution in [0.4, 0.5) is 4.79 Å². The van der Waals surface area contributed by atoms with Gasteiger partial charge in [0.2, 0.25) is 5.78 Å². The van der Waals surface area contributed by atoms with Gasteiger partial charge in [-0.1, -0.05) is 50.6 Å². The fourth-order valence-corrected chi connectivity index (χ4v) is 3.71. The number of ketones is 2. The Morgan fingerprint density at radius 1 is 1.12 bits per heavy atom. The summed E-state index contributed by atoms with van der Waals surface area (Å²) in [6.45, 7) is 5.49. The Balaban J connectivity index is 2.00. The number of rotatable bonds is 8. The number of alkyl carbamates (subject to hydrolysis) is 1. The van der Waals surface area contributed by atoms with Gasteiger partial charge in [0.25, 0.3) is 5.91 Å². The van der Waals surface area contributed by atoms with Crippen LogP contribution in [0, 0.1) is 11.8 Å². The number of hydrogen-bond acceptors (Lipinski definition) is 6. The zero-order valence-corrected chi connectivity index (χ0v) is 19.6. The third-order valence-electron chi connectivity index (χ3n) is 5.49. The molecule has 0 aliphatic carbocycles. The van der Waals surface area contributed by atoms with Crippen molar-refractivity contribution in [1.82, 2.24) is 10.6 Å². The van der Waals surface area contributed by atoms with Crippen LogP contribution in [0.2, 0.25) is 0 Å². The average Bonchev–Trinajstić information content (AvgIpc) is 2.79. The van der Waals surface area contributed by atoms with Crippen LogP contribution in [0.5, 0.6) is 0 Å². The van der Waals surface area contributed by atoms with Crippen LogP contribution in [0.3, 0.4) is 0 Å². The minimum absolute atomic E-state index is 0.0938. The molecule has 2 amide bonds. The molecule has 33 heavy (non-hydrogen) atoms. The normalized spacial score (nSPS) is 19.1. The van der Waals surface area contributed by atoms with Crippen molar-refractivity contribution in [2.24, 2.45) is 11.8 Å². The van der Waals surface area contributed by atoms with E-state index in [1.165, 1.54) is 0 Å². The summed E-state index contributed by atoms with van der Waals surface area (Å²) < 4.78 is 10.8. The second-order valence-electron chi connectivity index (χ2n) is 8.84. The van der Waals surface area contributed by atoms with Gasteiger partial charge in [0, 0.05) is 32.1 Å². The van der Waals surface area contributed by atoms with E-state index in [0.29, 0.717) is 45.4 Å². The van der Waals surface area contributed by atoms with Gasteiger partial charge in [-0.15, -0.1) is 0 Å². The number of benzene rings is 1. The van der Waals surface area contributed by atoms with Gasteiger partial charge in [0.05, 0.1) is 6.04 Å². The molecule has 0 aromatic heterocycles. The van der Waals surface area contributed by atoms with Crippen molar-refractivity contribution in [2.45, 2.75) is 65.0 Å². The maximum absolute atomic E-state index is 13.1. The molecule has 0 bridgehead atoms. The molecule has 2 N–H and O–H groups in total. The van der Waals surface area contributed by atoms with Gasteiger partial charge in [-0.25, -0.2) is 4.79 Å². The molecule has 2 rings (SSSR count). The lowest BCUT2D eigenvalue weighted by Crippen LogP contribution is -2.44. The van der Waals surface area contributed by atoms with Gasteiger partial charge in [-0.2, -0.15) is 0 Å². The monoisotopic (exact) mass is 460 g/mol. The van der Waals surface area contributed by atoms with E-state index in [1.807, 2.05) is 44.2 Å². The first-order chi connectivity index (χ1) is 15.9. The molecule has 1 aromatic rings. The van der Waals surface area contributed by atoms with Gasteiger partial charge in [0.1, 0.15) is 6.61 Å². The van der Waals surface area contributed by atoms with Crippen molar-refractivity contribution >= 4 is 23.6 Å². The number of carbonyl (C=O) groups is 4. The van der Waals surface area contributed by atoms with Crippen LogP contribution in [-0.4, -0.2) is 49.4 Å². The van der Waals surface area contributed by atoms with Gasteiger partial charge in [-0.05, 0) is 37.2 Å². The molecule has 182 valence electrons. The van der Waals surface area contributed by atoms with E-state index >= 15 is 0 Å². The van der Waals surface area contributed by atoms with Crippen LogP contribution in [0.1, 0.15) is 57.9 Å². The Kier molecular flexibility index (Phi) is 11.6. The second kappa shape index (κ2) is 14.4. The topological polar surface area (TPSA) is 111 Å². The maximum atomic E-state index is 13.1. The molecule has 8 heteroatoms. The molecule has 0 spiro atoms. The molecule has 2 atom stereocenters. The molecule has 8 nitrogen and oxygen atoms in total. The average molecular weight is 461 g/mol. The zero-order valence-electron chi connectivity index (χ0n) is 19.6. The lowest BCUT2D eigenvalue weighted by Gasteiger charge is -2.22. The SMILES string of the molecule is CC(C)CC(NC(=O)OCc1ccccc1)C(=O)CC1CCCCOCCCNC(=O)C1=O. The van der Waals surface area contributed by atoms with E-state index in [1.54, 1.807) is 0 Å². The molecule has 2 unspecified atom stereocenters. The minimum Gasteiger partial charge on any atom is -0.445 e. The number of carbonyl (C=O) groups excluding carboxylic acids is 4. The highest BCUT2D eigenvalue weighted by atomic mass is 16.5. The Labute approximate surface area is 195 Å². The van der Waals surface area contributed by atoms with E-state index < -0.39 is 29.7 Å². The summed E-state index contributed by atoms with van der Waals surface area (Å²) >= 11 is 0. The summed E-state index contributed by atoms with van der Waals surface area (Å²) in [7, 11) is 0. The summed E-state index contributed by atoms with van der Waals surface area (Å²) in [6, 6.07) is 8.48. The minimum atomic E-state index is -0.783. The highest BCUT2D eigenvalue weighted by Gasteiger charge is 2.31. The number of Topliss-reactive ketones (excluding diaryl/α,β-unsaturated/α-hetero) is 2. The van der Waals surface area contributed by atoms with Gasteiger partial charge < -0.3 is 20.1 Å². The first kappa shape index (κ1) is 26.5. The van der Waals surface area contributed by atoms with Gasteiger partial charge >= 0.3 is 6.09 Å². The maximum Gasteiger partial charge on any atom is 0.408 e. The quantitative estimate of drug-likeness (QED) is 0.577. The Bertz CT molecular complexity index is 780. The Hall–Kier alpha value is -2.74.